The fourth-order valence-electron chi connectivity index (χ4n) is 2.68. The third-order valence-corrected chi connectivity index (χ3v) is 3.87. The molecule has 2 heterocycles. The first kappa shape index (κ1) is 12.8. The maximum Gasteiger partial charge on any atom is 0.239 e. The topological polar surface area (TPSA) is 32.8 Å². The zero-order chi connectivity index (χ0) is 12.1. The number of likely N-dealkylation sites (tertiary alicyclic amines) is 1. The van der Waals surface area contributed by atoms with Crippen molar-refractivity contribution in [3.05, 3.63) is 0 Å². The van der Waals surface area contributed by atoms with E-state index in [4.69, 9.17) is 4.74 Å². The van der Waals surface area contributed by atoms with E-state index in [1.807, 2.05) is 6.92 Å². The molecule has 2 aliphatic heterocycles. The molecule has 2 rings (SSSR count). The van der Waals surface area contributed by atoms with E-state index >= 15 is 0 Å². The minimum absolute atomic E-state index is 0.0250. The average Bonchev–Trinajstić information content (AvgIpc) is 2.67. The summed E-state index contributed by atoms with van der Waals surface area (Å²) < 4.78 is 5.33. The minimum atomic E-state index is 0.0250. The van der Waals surface area contributed by atoms with Crippen LogP contribution in [-0.4, -0.2) is 61.1 Å². The molecule has 0 spiro atoms. The van der Waals surface area contributed by atoms with Gasteiger partial charge in [-0.25, -0.2) is 0 Å². The normalized spacial score (nSPS) is 25.4. The highest BCUT2D eigenvalue weighted by Crippen LogP contribution is 2.13. The molecule has 0 saturated carbocycles. The lowest BCUT2D eigenvalue weighted by atomic mass is 10.2. The second kappa shape index (κ2) is 6.36. The maximum absolute atomic E-state index is 12.4. The van der Waals surface area contributed by atoms with Crippen LogP contribution in [0.4, 0.5) is 0 Å². The molecule has 0 aromatic heterocycles. The van der Waals surface area contributed by atoms with Crippen LogP contribution >= 0.6 is 0 Å². The Labute approximate surface area is 104 Å². The Morgan fingerprint density at radius 2 is 1.59 bits per heavy atom. The number of rotatable bonds is 2. The molecule has 4 nitrogen and oxygen atoms in total. The van der Waals surface area contributed by atoms with Gasteiger partial charge in [-0.05, 0) is 19.8 Å². The largest absolute Gasteiger partial charge is 0.379 e. The summed E-state index contributed by atoms with van der Waals surface area (Å²) in [6.45, 7) is 7.25. The number of hydrogen-bond donors (Lipinski definition) is 0. The van der Waals surface area contributed by atoms with E-state index in [0.717, 1.165) is 39.4 Å². The van der Waals surface area contributed by atoms with Gasteiger partial charge in [0.25, 0.3) is 0 Å². The molecule has 98 valence electrons. The molecule has 2 fully saturated rings. The maximum atomic E-state index is 12.4. The standard InChI is InChI=1S/C13H24N2O2/c1-12(14-8-10-17-11-9-14)13(16)15-6-4-2-3-5-7-15/h12H,2-11H2,1H3. The Balaban J connectivity index is 1.88. The van der Waals surface area contributed by atoms with Crippen LogP contribution in [0, 0.1) is 0 Å². The van der Waals surface area contributed by atoms with Gasteiger partial charge in [0.1, 0.15) is 0 Å². The van der Waals surface area contributed by atoms with Crippen LogP contribution in [0.15, 0.2) is 0 Å². The summed E-state index contributed by atoms with van der Waals surface area (Å²) in [7, 11) is 0. The fourth-order valence-corrected chi connectivity index (χ4v) is 2.68. The van der Waals surface area contributed by atoms with Crippen molar-refractivity contribution in [3.63, 3.8) is 0 Å². The first-order valence-electron chi connectivity index (χ1n) is 6.89. The van der Waals surface area contributed by atoms with Crippen LogP contribution in [0.2, 0.25) is 0 Å². The zero-order valence-electron chi connectivity index (χ0n) is 10.9. The summed E-state index contributed by atoms with van der Waals surface area (Å²) in [6.07, 6.45) is 4.88. The van der Waals surface area contributed by atoms with E-state index in [1.54, 1.807) is 0 Å². The smallest absolute Gasteiger partial charge is 0.239 e. The van der Waals surface area contributed by atoms with E-state index < -0.39 is 0 Å². The lowest BCUT2D eigenvalue weighted by Crippen LogP contribution is -2.51. The summed E-state index contributed by atoms with van der Waals surface area (Å²) in [6, 6.07) is 0.0250. The van der Waals surface area contributed by atoms with Crippen molar-refractivity contribution in [1.29, 1.82) is 0 Å². The van der Waals surface area contributed by atoms with E-state index in [9.17, 15) is 4.79 Å². The Hall–Kier alpha value is -0.610. The summed E-state index contributed by atoms with van der Waals surface area (Å²) >= 11 is 0. The highest BCUT2D eigenvalue weighted by atomic mass is 16.5. The van der Waals surface area contributed by atoms with Gasteiger partial charge in [-0.2, -0.15) is 0 Å². The van der Waals surface area contributed by atoms with Crippen molar-refractivity contribution < 1.29 is 9.53 Å². The number of carbonyl (C=O) groups is 1. The van der Waals surface area contributed by atoms with Gasteiger partial charge in [-0.1, -0.05) is 12.8 Å². The van der Waals surface area contributed by atoms with Crippen molar-refractivity contribution in [1.82, 2.24) is 9.80 Å². The van der Waals surface area contributed by atoms with Gasteiger partial charge in [0.15, 0.2) is 0 Å². The molecule has 1 unspecified atom stereocenters. The number of ether oxygens (including phenoxy) is 1. The first-order valence-corrected chi connectivity index (χ1v) is 6.89. The van der Waals surface area contributed by atoms with Crippen molar-refractivity contribution >= 4 is 5.91 Å². The van der Waals surface area contributed by atoms with E-state index in [1.165, 1.54) is 25.7 Å². The Morgan fingerprint density at radius 3 is 2.18 bits per heavy atom. The molecule has 0 aromatic rings. The molecule has 1 amide bonds. The highest BCUT2D eigenvalue weighted by molar-refractivity contribution is 5.81. The van der Waals surface area contributed by atoms with Gasteiger partial charge in [0.2, 0.25) is 5.91 Å². The van der Waals surface area contributed by atoms with E-state index in [-0.39, 0.29) is 6.04 Å². The van der Waals surface area contributed by atoms with Crippen molar-refractivity contribution in [2.45, 2.75) is 38.6 Å². The summed E-state index contributed by atoms with van der Waals surface area (Å²) in [5.41, 5.74) is 0. The molecular formula is C13H24N2O2. The molecule has 17 heavy (non-hydrogen) atoms. The molecular weight excluding hydrogens is 216 g/mol. The van der Waals surface area contributed by atoms with Crippen LogP contribution < -0.4 is 0 Å². The number of amides is 1. The van der Waals surface area contributed by atoms with Gasteiger partial charge in [-0.3, -0.25) is 9.69 Å². The quantitative estimate of drug-likeness (QED) is 0.725. The molecule has 2 aliphatic rings. The summed E-state index contributed by atoms with van der Waals surface area (Å²) in [5.74, 6) is 0.314. The molecule has 1 atom stereocenters. The average molecular weight is 240 g/mol. The molecule has 0 bridgehead atoms. The van der Waals surface area contributed by atoms with Crippen LogP contribution in [0.3, 0.4) is 0 Å². The lowest BCUT2D eigenvalue weighted by Gasteiger charge is -2.34. The third kappa shape index (κ3) is 3.42. The first-order chi connectivity index (χ1) is 8.29. The summed E-state index contributed by atoms with van der Waals surface area (Å²) in [5, 5.41) is 0. The van der Waals surface area contributed by atoms with Crippen LogP contribution in [0.5, 0.6) is 0 Å². The summed E-state index contributed by atoms with van der Waals surface area (Å²) in [4.78, 5) is 16.7. The molecule has 4 heteroatoms. The second-order valence-electron chi connectivity index (χ2n) is 5.06. The third-order valence-electron chi connectivity index (χ3n) is 3.87. The molecule has 0 radical (unpaired) electrons. The van der Waals surface area contributed by atoms with Crippen LogP contribution in [0.25, 0.3) is 0 Å². The van der Waals surface area contributed by atoms with Crippen molar-refractivity contribution in [2.75, 3.05) is 39.4 Å². The molecule has 0 aromatic carbocycles. The number of carbonyl (C=O) groups excluding carboxylic acids is 1. The van der Waals surface area contributed by atoms with Crippen LogP contribution in [-0.2, 0) is 9.53 Å². The lowest BCUT2D eigenvalue weighted by molar-refractivity contribution is -0.138. The van der Waals surface area contributed by atoms with Gasteiger partial charge in [0, 0.05) is 26.2 Å². The van der Waals surface area contributed by atoms with Gasteiger partial charge >= 0.3 is 0 Å². The van der Waals surface area contributed by atoms with Gasteiger partial charge < -0.3 is 9.64 Å². The van der Waals surface area contributed by atoms with Crippen molar-refractivity contribution in [2.24, 2.45) is 0 Å². The number of hydrogen-bond acceptors (Lipinski definition) is 3. The van der Waals surface area contributed by atoms with Crippen molar-refractivity contribution in [3.8, 4) is 0 Å². The van der Waals surface area contributed by atoms with E-state index in [0.29, 0.717) is 5.91 Å². The highest BCUT2D eigenvalue weighted by Gasteiger charge is 2.27. The SMILES string of the molecule is CC(C(=O)N1CCCCCC1)N1CCOCC1. The molecule has 0 N–H and O–H groups in total. The number of nitrogens with zero attached hydrogens (tertiary/aromatic N) is 2. The molecule has 2 saturated heterocycles. The molecule has 0 aliphatic carbocycles. The van der Waals surface area contributed by atoms with Gasteiger partial charge in [0.05, 0.1) is 19.3 Å². The monoisotopic (exact) mass is 240 g/mol. The Morgan fingerprint density at radius 1 is 1.00 bits per heavy atom. The van der Waals surface area contributed by atoms with E-state index in [2.05, 4.69) is 9.80 Å². The number of morpholine rings is 1. The predicted octanol–water partition coefficient (Wildman–Crippen LogP) is 1.11. The zero-order valence-corrected chi connectivity index (χ0v) is 10.9. The Bertz CT molecular complexity index is 244. The predicted molar refractivity (Wildman–Crippen MR) is 66.9 cm³/mol. The Kier molecular flexibility index (Phi) is 4.80. The van der Waals surface area contributed by atoms with Gasteiger partial charge in [-0.15, -0.1) is 0 Å². The van der Waals surface area contributed by atoms with Crippen LogP contribution in [0.1, 0.15) is 32.6 Å². The fraction of sp³-hybridized carbons (Fsp3) is 0.923. The second-order valence-corrected chi connectivity index (χ2v) is 5.06. The minimum Gasteiger partial charge on any atom is -0.379 e.